The fourth-order valence-electron chi connectivity index (χ4n) is 3.60. The number of esters is 1. The number of nitrogens with zero attached hydrogens (tertiary/aromatic N) is 3. The van der Waals surface area contributed by atoms with Crippen LogP contribution in [0.1, 0.15) is 70.9 Å². The second-order valence-corrected chi connectivity index (χ2v) is 7.56. The van der Waals surface area contributed by atoms with Gasteiger partial charge < -0.3 is 19.6 Å². The molecule has 9 nitrogen and oxygen atoms in total. The first-order chi connectivity index (χ1) is 14.1. The molecule has 1 fully saturated rings. The van der Waals surface area contributed by atoms with E-state index in [0.29, 0.717) is 23.9 Å². The number of ether oxygens (including phenoxy) is 2. The number of fused-ring (bicyclic) bond motifs is 1. The Kier molecular flexibility index (Phi) is 7.76. The van der Waals surface area contributed by atoms with Crippen molar-refractivity contribution in [3.8, 4) is 0 Å². The Balaban J connectivity index is 1.41. The number of aliphatic hydroxyl groups excluding tert-OH is 1. The predicted molar refractivity (Wildman–Crippen MR) is 106 cm³/mol. The number of rotatable bonds is 11. The van der Waals surface area contributed by atoms with Gasteiger partial charge in [-0.2, -0.15) is 5.10 Å². The third-order valence-corrected chi connectivity index (χ3v) is 5.22. The normalized spacial score (nSPS) is 21.7. The van der Waals surface area contributed by atoms with Crippen molar-refractivity contribution < 1.29 is 19.4 Å². The van der Waals surface area contributed by atoms with E-state index < -0.39 is 18.4 Å². The van der Waals surface area contributed by atoms with Crippen molar-refractivity contribution in [1.29, 1.82) is 0 Å². The summed E-state index contributed by atoms with van der Waals surface area (Å²) in [6.07, 6.45) is 9.41. The maximum atomic E-state index is 11.9. The first-order valence-corrected chi connectivity index (χ1v) is 10.5. The van der Waals surface area contributed by atoms with E-state index in [-0.39, 0.29) is 18.1 Å². The van der Waals surface area contributed by atoms with Crippen molar-refractivity contribution in [2.45, 2.75) is 83.1 Å². The summed E-state index contributed by atoms with van der Waals surface area (Å²) in [4.78, 5) is 30.3. The number of H-pyrrole nitrogens is 1. The maximum Gasteiger partial charge on any atom is 0.305 e. The Morgan fingerprint density at radius 2 is 2.07 bits per heavy atom. The molecule has 0 aliphatic carbocycles. The summed E-state index contributed by atoms with van der Waals surface area (Å²) in [5, 5.41) is 14.8. The van der Waals surface area contributed by atoms with Crippen molar-refractivity contribution >= 4 is 17.0 Å². The number of hydrogen-bond donors (Lipinski definition) is 2. The molecule has 1 saturated heterocycles. The van der Waals surface area contributed by atoms with Crippen LogP contribution in [0, 0.1) is 0 Å². The SMILES string of the molecule is CCCCCCCCCC(=O)OC[C@@H]1C[C@@H](O)[C@H](n2ncc3c(=O)[nH]cnc32)O1. The van der Waals surface area contributed by atoms with E-state index >= 15 is 0 Å². The lowest BCUT2D eigenvalue weighted by molar-refractivity contribution is -0.148. The Bertz CT molecular complexity index is 849. The first-order valence-electron chi connectivity index (χ1n) is 10.5. The molecule has 0 saturated carbocycles. The zero-order valence-electron chi connectivity index (χ0n) is 16.9. The van der Waals surface area contributed by atoms with Crippen molar-refractivity contribution in [3.63, 3.8) is 0 Å². The quantitative estimate of drug-likeness (QED) is 0.434. The van der Waals surface area contributed by atoms with Gasteiger partial charge in [0.25, 0.3) is 5.56 Å². The summed E-state index contributed by atoms with van der Waals surface area (Å²) in [6.45, 7) is 2.29. The Morgan fingerprint density at radius 1 is 1.31 bits per heavy atom. The van der Waals surface area contributed by atoms with E-state index in [2.05, 4.69) is 22.0 Å². The van der Waals surface area contributed by atoms with Gasteiger partial charge in [0.15, 0.2) is 11.9 Å². The third kappa shape index (κ3) is 5.63. The van der Waals surface area contributed by atoms with Crippen molar-refractivity contribution in [2.24, 2.45) is 0 Å². The number of aromatic nitrogens is 4. The Morgan fingerprint density at radius 3 is 2.86 bits per heavy atom. The van der Waals surface area contributed by atoms with Gasteiger partial charge in [-0.3, -0.25) is 9.59 Å². The van der Waals surface area contributed by atoms with Crippen molar-refractivity contribution in [2.75, 3.05) is 6.61 Å². The zero-order chi connectivity index (χ0) is 20.6. The summed E-state index contributed by atoms with van der Waals surface area (Å²) in [5.74, 6) is -0.238. The molecule has 3 heterocycles. The number of hydrogen-bond acceptors (Lipinski definition) is 7. The van der Waals surface area contributed by atoms with Gasteiger partial charge >= 0.3 is 5.97 Å². The van der Waals surface area contributed by atoms with Gasteiger partial charge in [-0.15, -0.1) is 0 Å². The number of unbranched alkanes of at least 4 members (excludes halogenated alkanes) is 6. The van der Waals surface area contributed by atoms with E-state index in [1.54, 1.807) is 0 Å². The van der Waals surface area contributed by atoms with Crippen LogP contribution in [-0.2, 0) is 14.3 Å². The molecule has 9 heteroatoms. The van der Waals surface area contributed by atoms with Crippen LogP contribution in [-0.4, -0.2) is 49.6 Å². The van der Waals surface area contributed by atoms with E-state index in [9.17, 15) is 14.7 Å². The van der Waals surface area contributed by atoms with Gasteiger partial charge in [0.1, 0.15) is 18.1 Å². The highest BCUT2D eigenvalue weighted by Gasteiger charge is 2.37. The molecule has 2 aromatic rings. The average molecular weight is 406 g/mol. The number of aliphatic hydroxyl groups is 1. The lowest BCUT2D eigenvalue weighted by Crippen LogP contribution is -2.22. The highest BCUT2D eigenvalue weighted by atomic mass is 16.6. The van der Waals surface area contributed by atoms with Crippen LogP contribution in [0.3, 0.4) is 0 Å². The second kappa shape index (κ2) is 10.5. The van der Waals surface area contributed by atoms with Crippen LogP contribution in [0.5, 0.6) is 0 Å². The van der Waals surface area contributed by atoms with Gasteiger partial charge in [0.05, 0.1) is 18.6 Å². The van der Waals surface area contributed by atoms with E-state index in [0.717, 1.165) is 19.3 Å². The molecule has 3 atom stereocenters. The number of carbonyl (C=O) groups is 1. The van der Waals surface area contributed by atoms with Gasteiger partial charge in [-0.25, -0.2) is 9.67 Å². The van der Waals surface area contributed by atoms with Crippen LogP contribution in [0.2, 0.25) is 0 Å². The molecule has 2 N–H and O–H groups in total. The average Bonchev–Trinajstić information content (AvgIpc) is 3.29. The van der Waals surface area contributed by atoms with E-state index in [1.165, 1.54) is 42.9 Å². The van der Waals surface area contributed by atoms with Crippen LogP contribution in [0.15, 0.2) is 17.3 Å². The van der Waals surface area contributed by atoms with Crippen LogP contribution in [0.4, 0.5) is 0 Å². The molecule has 29 heavy (non-hydrogen) atoms. The molecule has 0 unspecified atom stereocenters. The highest BCUT2D eigenvalue weighted by Crippen LogP contribution is 2.30. The molecule has 3 rings (SSSR count). The highest BCUT2D eigenvalue weighted by molar-refractivity contribution is 5.72. The number of nitrogens with one attached hydrogen (secondary N) is 1. The molecule has 0 amide bonds. The van der Waals surface area contributed by atoms with Gasteiger partial charge in [-0.1, -0.05) is 45.4 Å². The Hall–Kier alpha value is -2.26. The minimum atomic E-state index is -0.828. The van der Waals surface area contributed by atoms with Gasteiger partial charge in [0.2, 0.25) is 0 Å². The lowest BCUT2D eigenvalue weighted by Gasteiger charge is -2.16. The van der Waals surface area contributed by atoms with Crippen molar-refractivity contribution in [3.05, 3.63) is 22.9 Å². The molecular weight excluding hydrogens is 376 g/mol. The van der Waals surface area contributed by atoms with E-state index in [4.69, 9.17) is 9.47 Å². The molecule has 0 radical (unpaired) electrons. The van der Waals surface area contributed by atoms with Gasteiger partial charge in [-0.05, 0) is 6.42 Å². The third-order valence-electron chi connectivity index (χ3n) is 5.22. The molecule has 160 valence electrons. The van der Waals surface area contributed by atoms with Crippen molar-refractivity contribution in [1.82, 2.24) is 19.7 Å². The van der Waals surface area contributed by atoms with Crippen LogP contribution in [0.25, 0.3) is 11.0 Å². The monoisotopic (exact) mass is 406 g/mol. The molecular formula is C20H30N4O5. The second-order valence-electron chi connectivity index (χ2n) is 7.56. The minimum absolute atomic E-state index is 0.0934. The fourth-order valence-corrected chi connectivity index (χ4v) is 3.60. The maximum absolute atomic E-state index is 11.9. The minimum Gasteiger partial charge on any atom is -0.463 e. The summed E-state index contributed by atoms with van der Waals surface area (Å²) in [7, 11) is 0. The van der Waals surface area contributed by atoms with E-state index in [1.807, 2.05) is 0 Å². The predicted octanol–water partition coefficient (Wildman–Crippen LogP) is 2.45. The smallest absolute Gasteiger partial charge is 0.305 e. The lowest BCUT2D eigenvalue weighted by atomic mass is 10.1. The standard InChI is InChI=1S/C20H30N4O5/c1-2-3-4-5-6-7-8-9-17(26)28-12-14-10-16(25)20(29-14)24-18-15(11-23-24)19(27)22-13-21-18/h11,13-14,16,20,25H,2-10,12H2,1H3,(H,21,22,27)/t14-,16+,20+/m0/s1. The van der Waals surface area contributed by atoms with Crippen LogP contribution >= 0.6 is 0 Å². The van der Waals surface area contributed by atoms with Crippen LogP contribution < -0.4 is 5.56 Å². The number of aromatic amines is 1. The van der Waals surface area contributed by atoms with Gasteiger partial charge in [0, 0.05) is 12.8 Å². The molecule has 2 aromatic heterocycles. The number of carbonyl (C=O) groups excluding carboxylic acids is 1. The topological polar surface area (TPSA) is 119 Å². The summed E-state index contributed by atoms with van der Waals surface area (Å²) in [5.41, 5.74) is 0.0407. The molecule has 1 aliphatic heterocycles. The molecule has 0 spiro atoms. The first kappa shape index (κ1) is 21.4. The molecule has 1 aliphatic rings. The zero-order valence-corrected chi connectivity index (χ0v) is 16.9. The summed E-state index contributed by atoms with van der Waals surface area (Å²) in [6, 6.07) is 0. The molecule has 0 bridgehead atoms. The Labute approximate surface area is 169 Å². The fraction of sp³-hybridized carbons (Fsp3) is 0.700. The summed E-state index contributed by atoms with van der Waals surface area (Å²) >= 11 is 0. The molecule has 0 aromatic carbocycles. The summed E-state index contributed by atoms with van der Waals surface area (Å²) < 4.78 is 12.5. The largest absolute Gasteiger partial charge is 0.463 e.